The van der Waals surface area contributed by atoms with Crippen LogP contribution in [0.2, 0.25) is 0 Å². The summed E-state index contributed by atoms with van der Waals surface area (Å²) in [6.45, 7) is 10.2. The van der Waals surface area contributed by atoms with Crippen molar-refractivity contribution < 1.29 is 19.0 Å². The third-order valence-electron chi connectivity index (χ3n) is 5.32. The van der Waals surface area contributed by atoms with Crippen molar-refractivity contribution in [1.82, 2.24) is 4.90 Å². The lowest BCUT2D eigenvalue weighted by atomic mass is 9.98. The molecule has 1 aromatic carbocycles. The van der Waals surface area contributed by atoms with Gasteiger partial charge in [0.1, 0.15) is 5.75 Å². The largest absolute Gasteiger partial charge is 0.481 e. The zero-order valence-electron chi connectivity index (χ0n) is 16.4. The molecule has 0 bridgehead atoms. The Morgan fingerprint density at radius 1 is 1.19 bits per heavy atom. The third-order valence-corrected chi connectivity index (χ3v) is 5.32. The standard InChI is InChI=1S/C21H31NO4/c1-14(2)18-9-8-17(13-15(18)3)26-16(4)20(23)22-10-6-5-7-19(22)21-24-11-12-25-21/h8-9,13-14,16,19,21H,5-7,10-12H2,1-4H3. The molecular formula is C21H31NO4. The molecule has 0 saturated carbocycles. The van der Waals surface area contributed by atoms with Crippen LogP contribution in [0.1, 0.15) is 57.1 Å². The Kier molecular flexibility index (Phi) is 6.20. The molecule has 0 aromatic heterocycles. The summed E-state index contributed by atoms with van der Waals surface area (Å²) in [7, 11) is 0. The fraction of sp³-hybridized carbons (Fsp3) is 0.667. The van der Waals surface area contributed by atoms with Gasteiger partial charge in [-0.05, 0) is 62.3 Å². The van der Waals surface area contributed by atoms with Gasteiger partial charge in [-0.3, -0.25) is 4.79 Å². The van der Waals surface area contributed by atoms with E-state index in [-0.39, 0.29) is 18.2 Å². The molecule has 0 aliphatic carbocycles. The maximum Gasteiger partial charge on any atom is 0.263 e. The molecular weight excluding hydrogens is 330 g/mol. The average molecular weight is 361 g/mol. The zero-order chi connectivity index (χ0) is 18.7. The van der Waals surface area contributed by atoms with Crippen molar-refractivity contribution >= 4 is 5.91 Å². The maximum absolute atomic E-state index is 13.0. The van der Waals surface area contributed by atoms with E-state index in [0.717, 1.165) is 31.6 Å². The van der Waals surface area contributed by atoms with Gasteiger partial charge < -0.3 is 19.1 Å². The van der Waals surface area contributed by atoms with Crippen molar-refractivity contribution in [1.29, 1.82) is 0 Å². The Balaban J connectivity index is 1.67. The number of piperidine rings is 1. The fourth-order valence-electron chi connectivity index (χ4n) is 3.97. The molecule has 0 radical (unpaired) electrons. The molecule has 2 atom stereocenters. The van der Waals surface area contributed by atoms with Crippen molar-refractivity contribution in [2.45, 2.75) is 71.3 Å². The predicted molar refractivity (Wildman–Crippen MR) is 100 cm³/mol. The van der Waals surface area contributed by atoms with Crippen LogP contribution in [0.4, 0.5) is 0 Å². The van der Waals surface area contributed by atoms with E-state index in [1.54, 1.807) is 0 Å². The number of nitrogens with zero attached hydrogens (tertiary/aromatic N) is 1. The van der Waals surface area contributed by atoms with Crippen LogP contribution in [-0.2, 0) is 14.3 Å². The van der Waals surface area contributed by atoms with Gasteiger partial charge >= 0.3 is 0 Å². The van der Waals surface area contributed by atoms with Gasteiger partial charge in [-0.25, -0.2) is 0 Å². The monoisotopic (exact) mass is 361 g/mol. The van der Waals surface area contributed by atoms with Crippen LogP contribution in [0.25, 0.3) is 0 Å². The summed E-state index contributed by atoms with van der Waals surface area (Å²) < 4.78 is 17.3. The molecule has 26 heavy (non-hydrogen) atoms. The number of aryl methyl sites for hydroxylation is 1. The molecule has 1 aromatic rings. The zero-order valence-corrected chi connectivity index (χ0v) is 16.4. The highest BCUT2D eigenvalue weighted by Gasteiger charge is 2.38. The molecule has 2 saturated heterocycles. The fourth-order valence-corrected chi connectivity index (χ4v) is 3.97. The molecule has 2 fully saturated rings. The van der Waals surface area contributed by atoms with Gasteiger partial charge in [-0.2, -0.15) is 0 Å². The highest BCUT2D eigenvalue weighted by molar-refractivity contribution is 5.81. The molecule has 5 nitrogen and oxygen atoms in total. The minimum absolute atomic E-state index is 0.00477. The van der Waals surface area contributed by atoms with Gasteiger partial charge in [0, 0.05) is 6.54 Å². The molecule has 1 amide bonds. The van der Waals surface area contributed by atoms with Gasteiger partial charge in [0.15, 0.2) is 12.4 Å². The van der Waals surface area contributed by atoms with Gasteiger partial charge in [0.2, 0.25) is 0 Å². The van der Waals surface area contributed by atoms with Crippen molar-refractivity contribution in [2.24, 2.45) is 0 Å². The van der Waals surface area contributed by atoms with Gasteiger partial charge in [0.25, 0.3) is 5.91 Å². The molecule has 3 rings (SSSR count). The number of benzene rings is 1. The van der Waals surface area contributed by atoms with E-state index in [9.17, 15) is 4.79 Å². The normalized spacial score (nSPS) is 22.7. The first-order valence-corrected chi connectivity index (χ1v) is 9.78. The second-order valence-electron chi connectivity index (χ2n) is 7.64. The Morgan fingerprint density at radius 3 is 2.58 bits per heavy atom. The summed E-state index contributed by atoms with van der Waals surface area (Å²) in [4.78, 5) is 14.9. The number of hydrogen-bond acceptors (Lipinski definition) is 4. The van der Waals surface area contributed by atoms with E-state index in [0.29, 0.717) is 19.1 Å². The second-order valence-corrected chi connectivity index (χ2v) is 7.64. The van der Waals surface area contributed by atoms with E-state index >= 15 is 0 Å². The molecule has 2 heterocycles. The quantitative estimate of drug-likeness (QED) is 0.803. The second kappa shape index (κ2) is 8.40. The third kappa shape index (κ3) is 4.21. The minimum atomic E-state index is -0.527. The van der Waals surface area contributed by atoms with E-state index < -0.39 is 6.10 Å². The molecule has 0 spiro atoms. The summed E-state index contributed by atoms with van der Waals surface area (Å²) in [6.07, 6.45) is 2.22. The Labute approximate surface area is 156 Å². The average Bonchev–Trinajstić information content (AvgIpc) is 3.15. The van der Waals surface area contributed by atoms with E-state index in [1.807, 2.05) is 24.0 Å². The molecule has 0 N–H and O–H groups in total. The van der Waals surface area contributed by atoms with Crippen molar-refractivity contribution in [3.63, 3.8) is 0 Å². The summed E-state index contributed by atoms with van der Waals surface area (Å²) in [6, 6.07) is 6.07. The summed E-state index contributed by atoms with van der Waals surface area (Å²) in [5.41, 5.74) is 2.50. The lowest BCUT2D eigenvalue weighted by molar-refractivity contribution is -0.156. The molecule has 144 valence electrons. The van der Waals surface area contributed by atoms with Gasteiger partial charge in [-0.15, -0.1) is 0 Å². The number of likely N-dealkylation sites (tertiary alicyclic amines) is 1. The highest BCUT2D eigenvalue weighted by atomic mass is 16.7. The van der Waals surface area contributed by atoms with E-state index in [4.69, 9.17) is 14.2 Å². The topological polar surface area (TPSA) is 48.0 Å². The van der Waals surface area contributed by atoms with E-state index in [2.05, 4.69) is 26.8 Å². The molecule has 2 unspecified atom stereocenters. The van der Waals surface area contributed by atoms with Crippen molar-refractivity contribution in [3.8, 4) is 5.75 Å². The number of ether oxygens (including phenoxy) is 3. The van der Waals surface area contributed by atoms with E-state index in [1.165, 1.54) is 11.1 Å². The molecule has 5 heteroatoms. The Bertz CT molecular complexity index is 624. The highest BCUT2D eigenvalue weighted by Crippen LogP contribution is 2.27. The van der Waals surface area contributed by atoms with Crippen LogP contribution < -0.4 is 4.74 Å². The predicted octanol–water partition coefficient (Wildman–Crippen LogP) is 3.64. The number of rotatable bonds is 5. The first-order chi connectivity index (χ1) is 12.5. The van der Waals surface area contributed by atoms with Crippen LogP contribution in [-0.4, -0.2) is 49.0 Å². The SMILES string of the molecule is Cc1cc(OC(C)C(=O)N2CCCCC2C2OCCO2)ccc1C(C)C. The number of carbonyl (C=O) groups excluding carboxylic acids is 1. The lowest BCUT2D eigenvalue weighted by Gasteiger charge is -2.39. The number of amides is 1. The van der Waals surface area contributed by atoms with Crippen molar-refractivity contribution in [3.05, 3.63) is 29.3 Å². The van der Waals surface area contributed by atoms with Crippen LogP contribution in [0.3, 0.4) is 0 Å². The lowest BCUT2D eigenvalue weighted by Crippen LogP contribution is -2.53. The number of hydrogen-bond donors (Lipinski definition) is 0. The Hall–Kier alpha value is -1.59. The van der Waals surface area contributed by atoms with Crippen LogP contribution >= 0.6 is 0 Å². The minimum Gasteiger partial charge on any atom is -0.481 e. The molecule has 2 aliphatic heterocycles. The number of carbonyl (C=O) groups is 1. The first-order valence-electron chi connectivity index (χ1n) is 9.78. The van der Waals surface area contributed by atoms with Crippen LogP contribution in [0.15, 0.2) is 18.2 Å². The summed E-state index contributed by atoms with van der Waals surface area (Å²) in [5, 5.41) is 0. The molecule has 2 aliphatic rings. The Morgan fingerprint density at radius 2 is 1.92 bits per heavy atom. The summed E-state index contributed by atoms with van der Waals surface area (Å²) >= 11 is 0. The van der Waals surface area contributed by atoms with Gasteiger partial charge in [0.05, 0.1) is 19.3 Å². The first kappa shape index (κ1) is 19.2. The van der Waals surface area contributed by atoms with Crippen molar-refractivity contribution in [2.75, 3.05) is 19.8 Å². The van der Waals surface area contributed by atoms with Crippen LogP contribution in [0.5, 0.6) is 5.75 Å². The maximum atomic E-state index is 13.0. The smallest absolute Gasteiger partial charge is 0.263 e. The summed E-state index contributed by atoms with van der Waals surface area (Å²) in [5.74, 6) is 1.23. The van der Waals surface area contributed by atoms with Crippen LogP contribution in [0, 0.1) is 6.92 Å². The van der Waals surface area contributed by atoms with Gasteiger partial charge in [-0.1, -0.05) is 19.9 Å².